The maximum absolute atomic E-state index is 2.46. The summed E-state index contributed by atoms with van der Waals surface area (Å²) in [7, 11) is 0. The van der Waals surface area contributed by atoms with Gasteiger partial charge >= 0.3 is 0 Å². The van der Waals surface area contributed by atoms with E-state index in [2.05, 4.69) is 38.1 Å². The van der Waals surface area contributed by atoms with Crippen molar-refractivity contribution >= 4 is 0 Å². The van der Waals surface area contributed by atoms with Crippen LogP contribution in [-0.4, -0.2) is 0 Å². The average Bonchev–Trinajstić information content (AvgIpc) is 2.78. The van der Waals surface area contributed by atoms with Gasteiger partial charge in [0.05, 0.1) is 0 Å². The van der Waals surface area contributed by atoms with Crippen LogP contribution in [0.15, 0.2) is 24.3 Å². The normalized spacial score (nSPS) is 35.2. The Kier molecular flexibility index (Phi) is 7.77. The molecule has 0 heteroatoms. The smallest absolute Gasteiger partial charge is 0.0159 e. The Balaban J connectivity index is 1.25. The molecule has 0 N–H and O–H groups in total. The highest BCUT2D eigenvalue weighted by atomic mass is 14.4. The van der Waals surface area contributed by atoms with Crippen LogP contribution in [0.1, 0.15) is 121 Å². The van der Waals surface area contributed by atoms with E-state index in [9.17, 15) is 0 Å². The third-order valence-electron chi connectivity index (χ3n) is 9.17. The molecule has 0 nitrogen and oxygen atoms in total. The van der Waals surface area contributed by atoms with Crippen LogP contribution in [0.3, 0.4) is 0 Å². The lowest BCUT2D eigenvalue weighted by Crippen LogP contribution is -2.34. The molecule has 162 valence electrons. The van der Waals surface area contributed by atoms with Gasteiger partial charge in [0.15, 0.2) is 0 Å². The Bertz CT molecular complexity index is 591. The maximum Gasteiger partial charge on any atom is -0.0159 e. The van der Waals surface area contributed by atoms with Gasteiger partial charge < -0.3 is 0 Å². The van der Waals surface area contributed by atoms with Crippen molar-refractivity contribution < 1.29 is 0 Å². The maximum atomic E-state index is 2.46. The third kappa shape index (κ3) is 5.48. The molecule has 4 unspecified atom stereocenters. The number of hydrogen-bond donors (Lipinski definition) is 0. The predicted octanol–water partition coefficient (Wildman–Crippen LogP) is 8.94. The summed E-state index contributed by atoms with van der Waals surface area (Å²) < 4.78 is 0. The van der Waals surface area contributed by atoms with Crippen molar-refractivity contribution in [3.8, 4) is 0 Å². The summed E-state index contributed by atoms with van der Waals surface area (Å²) in [6.07, 6.45) is 22.2. The van der Waals surface area contributed by atoms with Gasteiger partial charge in [-0.25, -0.2) is 0 Å². The minimum Gasteiger partial charge on any atom is -0.0654 e. The number of aryl methyl sites for hydroxylation is 1. The predicted molar refractivity (Wildman–Crippen MR) is 126 cm³/mol. The Morgan fingerprint density at radius 2 is 1.28 bits per heavy atom. The third-order valence-corrected chi connectivity index (χ3v) is 9.17. The highest BCUT2D eigenvalue weighted by Crippen LogP contribution is 2.51. The number of fused-ring (bicyclic) bond motifs is 1. The summed E-state index contributed by atoms with van der Waals surface area (Å²) in [5.41, 5.74) is 3.16. The molecule has 0 heterocycles. The second-order valence-corrected chi connectivity index (χ2v) is 11.0. The molecule has 0 saturated heterocycles. The number of unbranched alkanes of at least 4 members (excludes halogenated alkanes) is 1. The molecular weight excluding hydrogens is 348 g/mol. The van der Waals surface area contributed by atoms with Crippen molar-refractivity contribution in [2.24, 2.45) is 29.6 Å². The molecule has 0 amide bonds. The van der Waals surface area contributed by atoms with E-state index < -0.39 is 0 Å². The second kappa shape index (κ2) is 10.5. The van der Waals surface area contributed by atoms with E-state index in [1.54, 1.807) is 44.1 Å². The Labute approximate surface area is 181 Å². The summed E-state index contributed by atoms with van der Waals surface area (Å²) in [5.74, 6) is 6.16. The zero-order valence-corrected chi connectivity index (χ0v) is 19.4. The van der Waals surface area contributed by atoms with Gasteiger partial charge in [-0.15, -0.1) is 0 Å². The molecule has 3 fully saturated rings. The van der Waals surface area contributed by atoms with Crippen molar-refractivity contribution in [2.45, 2.75) is 116 Å². The van der Waals surface area contributed by atoms with Gasteiger partial charge in [-0.3, -0.25) is 0 Å². The summed E-state index contributed by atoms with van der Waals surface area (Å²) in [4.78, 5) is 0. The van der Waals surface area contributed by atoms with E-state index >= 15 is 0 Å². The van der Waals surface area contributed by atoms with Gasteiger partial charge in [-0.05, 0) is 104 Å². The molecule has 1 aromatic carbocycles. The molecule has 4 atom stereocenters. The van der Waals surface area contributed by atoms with E-state index in [1.165, 1.54) is 63.4 Å². The fraction of sp³-hybridized carbons (Fsp3) is 0.793. The molecule has 4 rings (SSSR count). The topological polar surface area (TPSA) is 0 Å². The van der Waals surface area contributed by atoms with E-state index in [0.717, 1.165) is 35.5 Å². The van der Waals surface area contributed by atoms with Crippen LogP contribution in [0.2, 0.25) is 0 Å². The minimum atomic E-state index is 0.845. The molecule has 0 aliphatic heterocycles. The first-order valence-electron chi connectivity index (χ1n) is 13.4. The fourth-order valence-electron chi connectivity index (χ4n) is 7.34. The molecular formula is C29H46. The monoisotopic (exact) mass is 394 g/mol. The lowest BCUT2D eigenvalue weighted by atomic mass is 9.60. The highest BCUT2D eigenvalue weighted by molar-refractivity contribution is 5.26. The first-order valence-corrected chi connectivity index (χ1v) is 13.4. The lowest BCUT2D eigenvalue weighted by molar-refractivity contribution is 0.0711. The van der Waals surface area contributed by atoms with Crippen molar-refractivity contribution in [2.75, 3.05) is 0 Å². The molecule has 3 aliphatic carbocycles. The van der Waals surface area contributed by atoms with E-state index in [1.807, 2.05) is 0 Å². The van der Waals surface area contributed by atoms with Gasteiger partial charge in [0.25, 0.3) is 0 Å². The van der Waals surface area contributed by atoms with Crippen molar-refractivity contribution in [3.63, 3.8) is 0 Å². The van der Waals surface area contributed by atoms with Gasteiger partial charge in [-0.2, -0.15) is 0 Å². The summed E-state index contributed by atoms with van der Waals surface area (Å²) in [6, 6.07) is 9.72. The van der Waals surface area contributed by atoms with Crippen molar-refractivity contribution in [1.82, 2.24) is 0 Å². The van der Waals surface area contributed by atoms with Crippen molar-refractivity contribution in [1.29, 1.82) is 0 Å². The number of hydrogen-bond acceptors (Lipinski definition) is 0. The fourth-order valence-corrected chi connectivity index (χ4v) is 7.34. The highest BCUT2D eigenvalue weighted by Gasteiger charge is 2.38. The lowest BCUT2D eigenvalue weighted by Gasteiger charge is -2.45. The van der Waals surface area contributed by atoms with E-state index in [0.29, 0.717) is 0 Å². The quantitative estimate of drug-likeness (QED) is 0.433. The van der Waals surface area contributed by atoms with Crippen LogP contribution in [0.4, 0.5) is 0 Å². The molecule has 0 bridgehead atoms. The standard InChI is InChI=1S/C29H46/c1-3-5-7-23-10-14-25(15-11-23)27-17-19-28-20-26(16-18-29(28)21-27)24-12-8-22(6-4-2)9-13-24/h8-9,12-13,23,25-29H,3-7,10-11,14-21H2,1-2H3. The molecule has 0 aromatic heterocycles. The Morgan fingerprint density at radius 1 is 0.655 bits per heavy atom. The van der Waals surface area contributed by atoms with Crippen LogP contribution >= 0.6 is 0 Å². The summed E-state index contributed by atoms with van der Waals surface area (Å²) >= 11 is 0. The van der Waals surface area contributed by atoms with Crippen LogP contribution in [0.5, 0.6) is 0 Å². The van der Waals surface area contributed by atoms with Crippen LogP contribution in [0, 0.1) is 29.6 Å². The molecule has 3 saturated carbocycles. The van der Waals surface area contributed by atoms with Gasteiger partial charge in [0.1, 0.15) is 0 Å². The van der Waals surface area contributed by atoms with Gasteiger partial charge in [0.2, 0.25) is 0 Å². The Hall–Kier alpha value is -0.780. The summed E-state index contributed by atoms with van der Waals surface area (Å²) in [6.45, 7) is 4.63. The molecule has 1 aromatic rings. The van der Waals surface area contributed by atoms with Gasteiger partial charge in [-0.1, -0.05) is 76.6 Å². The first kappa shape index (κ1) is 21.5. The largest absolute Gasteiger partial charge is 0.0654 e. The van der Waals surface area contributed by atoms with Crippen LogP contribution in [-0.2, 0) is 6.42 Å². The summed E-state index contributed by atoms with van der Waals surface area (Å²) in [5, 5.41) is 0. The average molecular weight is 395 g/mol. The molecule has 3 aliphatic rings. The van der Waals surface area contributed by atoms with E-state index in [4.69, 9.17) is 0 Å². The van der Waals surface area contributed by atoms with Gasteiger partial charge in [0, 0.05) is 0 Å². The molecule has 29 heavy (non-hydrogen) atoms. The SMILES string of the molecule is CCCCC1CCC(C2CCC3CC(c4ccc(CCC)cc4)CCC3C2)CC1. The second-order valence-electron chi connectivity index (χ2n) is 11.0. The first-order chi connectivity index (χ1) is 14.3. The molecule has 0 radical (unpaired) electrons. The zero-order valence-electron chi connectivity index (χ0n) is 19.4. The Morgan fingerprint density at radius 3 is 1.97 bits per heavy atom. The molecule has 0 spiro atoms. The zero-order chi connectivity index (χ0) is 20.1. The van der Waals surface area contributed by atoms with Crippen LogP contribution in [0.25, 0.3) is 0 Å². The number of rotatable bonds is 7. The van der Waals surface area contributed by atoms with Crippen LogP contribution < -0.4 is 0 Å². The van der Waals surface area contributed by atoms with E-state index in [-0.39, 0.29) is 0 Å². The minimum absolute atomic E-state index is 0.845. The number of benzene rings is 1. The van der Waals surface area contributed by atoms with Crippen molar-refractivity contribution in [3.05, 3.63) is 35.4 Å².